The highest BCUT2D eigenvalue weighted by molar-refractivity contribution is 5.82. The summed E-state index contributed by atoms with van der Waals surface area (Å²) in [6.45, 7) is 13.4. The number of aliphatic carboxylic acids is 1. The summed E-state index contributed by atoms with van der Waals surface area (Å²) in [6.07, 6.45) is 7.25. The Balaban J connectivity index is 0.000000575. The Morgan fingerprint density at radius 1 is 1.13 bits per heavy atom. The third kappa shape index (κ3) is 7.06. The number of hydrogen-bond acceptors (Lipinski definition) is 6. The second-order valence-corrected chi connectivity index (χ2v) is 9.55. The molecule has 0 aromatic carbocycles. The zero-order chi connectivity index (χ0) is 22.5. The lowest BCUT2D eigenvalue weighted by atomic mass is 9.82. The van der Waals surface area contributed by atoms with Gasteiger partial charge in [-0.15, -0.1) is 0 Å². The fraction of sp³-hybridized carbons (Fsp3) is 0.565. The van der Waals surface area contributed by atoms with Gasteiger partial charge in [0.1, 0.15) is 0 Å². The number of pyridine rings is 1. The van der Waals surface area contributed by atoms with E-state index in [0.717, 1.165) is 48.4 Å². The van der Waals surface area contributed by atoms with Gasteiger partial charge in [-0.3, -0.25) is 9.78 Å². The lowest BCUT2D eigenvalue weighted by Gasteiger charge is -2.39. The quantitative estimate of drug-likeness (QED) is 0.783. The number of aliphatic hydroxyl groups is 1. The average molecular weight is 415 g/mol. The van der Waals surface area contributed by atoms with Gasteiger partial charge < -0.3 is 15.1 Å². The van der Waals surface area contributed by atoms with Crippen molar-refractivity contribution in [3.8, 4) is 11.4 Å². The van der Waals surface area contributed by atoms with Crippen LogP contribution >= 0.6 is 0 Å². The molecule has 1 aliphatic heterocycles. The van der Waals surface area contributed by atoms with Crippen molar-refractivity contribution < 1.29 is 15.0 Å². The van der Waals surface area contributed by atoms with Gasteiger partial charge in [0.05, 0.1) is 23.3 Å². The SMILES string of the molecule is CC(C)(C)O.Cc1ncc(-c2ncccn2)c(N2CCC(C)(C)CC2)c1CC(=O)O. The van der Waals surface area contributed by atoms with E-state index in [1.807, 2.05) is 6.92 Å². The maximum absolute atomic E-state index is 11.4. The number of carbonyl (C=O) groups is 1. The fourth-order valence-electron chi connectivity index (χ4n) is 3.30. The lowest BCUT2D eigenvalue weighted by Crippen LogP contribution is -2.38. The van der Waals surface area contributed by atoms with Crippen LogP contribution in [-0.2, 0) is 11.2 Å². The number of anilines is 1. The molecule has 30 heavy (non-hydrogen) atoms. The van der Waals surface area contributed by atoms with E-state index >= 15 is 0 Å². The molecule has 0 saturated carbocycles. The van der Waals surface area contributed by atoms with Gasteiger partial charge >= 0.3 is 5.97 Å². The highest BCUT2D eigenvalue weighted by atomic mass is 16.4. The largest absolute Gasteiger partial charge is 0.481 e. The van der Waals surface area contributed by atoms with E-state index in [-0.39, 0.29) is 6.42 Å². The predicted octanol–water partition coefficient (Wildman–Crippen LogP) is 3.88. The Morgan fingerprint density at radius 2 is 1.67 bits per heavy atom. The van der Waals surface area contributed by atoms with Gasteiger partial charge in [0.2, 0.25) is 0 Å². The number of carboxylic acid groups (broad SMARTS) is 1. The first-order valence-corrected chi connectivity index (χ1v) is 10.3. The van der Waals surface area contributed by atoms with Gasteiger partial charge in [-0.2, -0.15) is 0 Å². The summed E-state index contributed by atoms with van der Waals surface area (Å²) >= 11 is 0. The molecule has 1 saturated heterocycles. The molecule has 0 radical (unpaired) electrons. The van der Waals surface area contributed by atoms with Crippen LogP contribution in [0.25, 0.3) is 11.4 Å². The minimum Gasteiger partial charge on any atom is -0.481 e. The number of piperidine rings is 1. The Bertz CT molecular complexity index is 845. The molecule has 2 aromatic heterocycles. The van der Waals surface area contributed by atoms with Gasteiger partial charge in [0.25, 0.3) is 0 Å². The van der Waals surface area contributed by atoms with Crippen molar-refractivity contribution >= 4 is 11.7 Å². The van der Waals surface area contributed by atoms with Crippen LogP contribution in [0.1, 0.15) is 58.7 Å². The minimum atomic E-state index is -0.852. The third-order valence-corrected chi connectivity index (χ3v) is 4.93. The highest BCUT2D eigenvalue weighted by Crippen LogP contribution is 2.38. The second-order valence-electron chi connectivity index (χ2n) is 9.55. The van der Waals surface area contributed by atoms with Gasteiger partial charge in [-0.05, 0) is 52.0 Å². The topological polar surface area (TPSA) is 99.4 Å². The smallest absolute Gasteiger partial charge is 0.307 e. The molecule has 3 heterocycles. The van der Waals surface area contributed by atoms with Crippen LogP contribution in [0.5, 0.6) is 0 Å². The first-order valence-electron chi connectivity index (χ1n) is 10.3. The zero-order valence-corrected chi connectivity index (χ0v) is 18.9. The fourth-order valence-corrected chi connectivity index (χ4v) is 3.30. The molecule has 0 atom stereocenters. The normalized spacial score (nSPS) is 15.9. The molecule has 1 fully saturated rings. The van der Waals surface area contributed by atoms with E-state index < -0.39 is 11.6 Å². The zero-order valence-electron chi connectivity index (χ0n) is 18.9. The molecule has 3 rings (SSSR count). The van der Waals surface area contributed by atoms with E-state index in [0.29, 0.717) is 11.2 Å². The van der Waals surface area contributed by atoms with Crippen molar-refractivity contribution in [3.05, 3.63) is 35.9 Å². The second kappa shape index (κ2) is 9.51. The number of rotatable bonds is 4. The summed E-state index contributed by atoms with van der Waals surface area (Å²) in [5.74, 6) is -0.268. The van der Waals surface area contributed by atoms with Crippen molar-refractivity contribution in [3.63, 3.8) is 0 Å². The summed E-state index contributed by atoms with van der Waals surface area (Å²) in [7, 11) is 0. The van der Waals surface area contributed by atoms with E-state index in [1.165, 1.54) is 0 Å². The first-order chi connectivity index (χ1) is 13.9. The van der Waals surface area contributed by atoms with E-state index in [9.17, 15) is 9.90 Å². The van der Waals surface area contributed by atoms with E-state index in [1.54, 1.807) is 45.4 Å². The van der Waals surface area contributed by atoms with Gasteiger partial charge in [-0.25, -0.2) is 9.97 Å². The monoisotopic (exact) mass is 414 g/mol. The number of hydrogen-bond donors (Lipinski definition) is 2. The van der Waals surface area contributed by atoms with E-state index in [4.69, 9.17) is 5.11 Å². The molecule has 7 nitrogen and oxygen atoms in total. The maximum atomic E-state index is 11.4. The molecule has 0 spiro atoms. The van der Waals surface area contributed by atoms with Crippen molar-refractivity contribution in [1.82, 2.24) is 15.0 Å². The lowest BCUT2D eigenvalue weighted by molar-refractivity contribution is -0.136. The molecule has 1 aliphatic rings. The molecule has 0 unspecified atom stereocenters. The van der Waals surface area contributed by atoms with Crippen LogP contribution in [0, 0.1) is 12.3 Å². The molecule has 164 valence electrons. The molecule has 0 bridgehead atoms. The minimum absolute atomic E-state index is 0.0469. The van der Waals surface area contributed by atoms with Crippen molar-refractivity contribution in [2.45, 2.75) is 66.4 Å². The maximum Gasteiger partial charge on any atom is 0.307 e. The van der Waals surface area contributed by atoms with Crippen LogP contribution in [0.3, 0.4) is 0 Å². The van der Waals surface area contributed by atoms with Gasteiger partial charge in [-0.1, -0.05) is 13.8 Å². The van der Waals surface area contributed by atoms with Crippen LogP contribution in [-0.4, -0.2) is 49.8 Å². The first kappa shape index (κ1) is 23.7. The Hall–Kier alpha value is -2.54. The molecule has 2 N–H and O–H groups in total. The highest BCUT2D eigenvalue weighted by Gasteiger charge is 2.29. The Kier molecular flexibility index (Phi) is 7.53. The summed E-state index contributed by atoms with van der Waals surface area (Å²) in [5.41, 5.74) is 3.06. The predicted molar refractivity (Wildman–Crippen MR) is 119 cm³/mol. The van der Waals surface area contributed by atoms with Crippen LogP contribution < -0.4 is 4.90 Å². The molecular weight excluding hydrogens is 380 g/mol. The molecular formula is C23H34N4O3. The van der Waals surface area contributed by atoms with Crippen molar-refractivity contribution in [2.75, 3.05) is 18.0 Å². The number of nitrogens with zero attached hydrogens (tertiary/aromatic N) is 4. The number of carboxylic acids is 1. The van der Waals surface area contributed by atoms with Gasteiger partial charge in [0.15, 0.2) is 5.82 Å². The Labute approximate surface area is 179 Å². The average Bonchev–Trinajstić information content (AvgIpc) is 2.63. The summed E-state index contributed by atoms with van der Waals surface area (Å²) in [4.78, 5) is 26.8. The van der Waals surface area contributed by atoms with Crippen molar-refractivity contribution in [2.24, 2.45) is 5.41 Å². The summed E-state index contributed by atoms with van der Waals surface area (Å²) in [5, 5.41) is 17.9. The number of aryl methyl sites for hydroxylation is 1. The van der Waals surface area contributed by atoms with Crippen LogP contribution in [0.15, 0.2) is 24.7 Å². The summed E-state index contributed by atoms with van der Waals surface area (Å²) in [6, 6.07) is 1.77. The van der Waals surface area contributed by atoms with Gasteiger partial charge in [0, 0.05) is 42.9 Å². The van der Waals surface area contributed by atoms with Crippen molar-refractivity contribution in [1.29, 1.82) is 0 Å². The van der Waals surface area contributed by atoms with E-state index in [2.05, 4.69) is 33.7 Å². The van der Waals surface area contributed by atoms with Crippen LogP contribution in [0.2, 0.25) is 0 Å². The summed E-state index contributed by atoms with van der Waals surface area (Å²) < 4.78 is 0. The molecule has 2 aromatic rings. The standard InChI is InChI=1S/C19H24N4O2.C4H10O/c1-13-14(11-16(24)25)17(23-9-5-19(2,3)6-10-23)15(12-22-13)18-20-7-4-8-21-18;1-4(2,3)5/h4,7-8,12H,5-6,9-11H2,1-3H3,(H,24,25);5H,1-3H3. The molecule has 0 amide bonds. The molecule has 7 heteroatoms. The van der Waals surface area contributed by atoms with Crippen LogP contribution in [0.4, 0.5) is 5.69 Å². The Morgan fingerprint density at radius 3 is 2.17 bits per heavy atom. The third-order valence-electron chi connectivity index (χ3n) is 4.93. The number of aromatic nitrogens is 3. The molecule has 0 aliphatic carbocycles.